The van der Waals surface area contributed by atoms with Crippen LogP contribution in [0.5, 0.6) is 0 Å². The second-order valence-electron chi connectivity index (χ2n) is 4.33. The fourth-order valence-corrected chi connectivity index (χ4v) is 1.58. The van der Waals surface area contributed by atoms with Crippen LogP contribution in [0.3, 0.4) is 0 Å². The van der Waals surface area contributed by atoms with E-state index in [0.717, 1.165) is 5.56 Å². The molecule has 0 aromatic carbocycles. The number of aryl methyl sites for hydroxylation is 2. The van der Waals surface area contributed by atoms with E-state index in [2.05, 4.69) is 5.32 Å². The zero-order valence-corrected chi connectivity index (χ0v) is 10.9. The van der Waals surface area contributed by atoms with Gasteiger partial charge in [0.2, 0.25) is 5.91 Å². The Morgan fingerprint density at radius 1 is 1.37 bits per heavy atom. The summed E-state index contributed by atoms with van der Waals surface area (Å²) in [4.78, 5) is 33.0. The first-order chi connectivity index (χ1) is 8.99. The number of amides is 1. The lowest BCUT2D eigenvalue weighted by atomic mass is 10.3. The summed E-state index contributed by atoms with van der Waals surface area (Å²) in [5.74, 6) is -1.26. The van der Waals surface area contributed by atoms with E-state index in [1.807, 2.05) is 13.0 Å². The van der Waals surface area contributed by atoms with Gasteiger partial charge in [-0.25, -0.2) is 0 Å². The van der Waals surface area contributed by atoms with E-state index in [-0.39, 0.29) is 24.3 Å². The Morgan fingerprint density at radius 2 is 2.11 bits per heavy atom. The molecule has 0 saturated heterocycles. The molecule has 1 heterocycles. The summed E-state index contributed by atoms with van der Waals surface area (Å²) in [6, 6.07) is 3.41. The van der Waals surface area contributed by atoms with E-state index in [1.165, 1.54) is 0 Å². The molecule has 104 valence electrons. The summed E-state index contributed by atoms with van der Waals surface area (Å²) in [7, 11) is 0. The molecule has 0 unspecified atom stereocenters. The lowest BCUT2D eigenvalue weighted by Crippen LogP contribution is -2.27. The molecule has 2 N–H and O–H groups in total. The molecule has 1 rings (SSSR count). The van der Waals surface area contributed by atoms with Crippen molar-refractivity contribution >= 4 is 11.9 Å². The SMILES string of the molecule is Cc1ccn(CCCNC(=O)CCC(=O)O)c(=O)c1. The molecule has 0 spiro atoms. The molecule has 0 saturated carbocycles. The van der Waals surface area contributed by atoms with Gasteiger partial charge in [0.05, 0.1) is 6.42 Å². The Labute approximate surface area is 111 Å². The Hall–Kier alpha value is -2.11. The van der Waals surface area contributed by atoms with Gasteiger partial charge in [0.25, 0.3) is 5.56 Å². The van der Waals surface area contributed by atoms with Gasteiger partial charge in [-0.05, 0) is 25.0 Å². The average Bonchev–Trinajstić information content (AvgIpc) is 2.34. The van der Waals surface area contributed by atoms with Crippen LogP contribution in [0.1, 0.15) is 24.8 Å². The van der Waals surface area contributed by atoms with Crippen LogP contribution in [0.4, 0.5) is 0 Å². The lowest BCUT2D eigenvalue weighted by Gasteiger charge is -2.07. The summed E-state index contributed by atoms with van der Waals surface area (Å²) >= 11 is 0. The molecule has 0 bridgehead atoms. The summed E-state index contributed by atoms with van der Waals surface area (Å²) in [5.41, 5.74) is 0.862. The quantitative estimate of drug-likeness (QED) is 0.704. The van der Waals surface area contributed by atoms with Crippen molar-refractivity contribution in [2.75, 3.05) is 6.54 Å². The molecule has 0 aliphatic heterocycles. The number of nitrogens with zero attached hydrogens (tertiary/aromatic N) is 1. The molecule has 6 nitrogen and oxygen atoms in total. The standard InChI is InChI=1S/C13H18N2O4/c1-10-5-8-15(12(17)9-10)7-2-6-14-11(16)3-4-13(18)19/h5,8-9H,2-4,6-7H2,1H3,(H,14,16)(H,18,19). The second kappa shape index (κ2) is 7.35. The van der Waals surface area contributed by atoms with Crippen molar-refractivity contribution in [1.82, 2.24) is 9.88 Å². The van der Waals surface area contributed by atoms with Crippen LogP contribution in [0.15, 0.2) is 23.1 Å². The number of aliphatic carboxylic acids is 1. The number of hydrogen-bond donors (Lipinski definition) is 2. The molecule has 0 atom stereocenters. The summed E-state index contributed by atoms with van der Waals surface area (Å²) < 4.78 is 1.58. The minimum atomic E-state index is -0.985. The Bertz CT molecular complexity index is 508. The van der Waals surface area contributed by atoms with Crippen LogP contribution in [-0.4, -0.2) is 28.1 Å². The minimum absolute atomic E-state index is 0.0141. The van der Waals surface area contributed by atoms with Crippen LogP contribution in [0.2, 0.25) is 0 Å². The second-order valence-corrected chi connectivity index (χ2v) is 4.33. The molecule has 1 aromatic heterocycles. The topological polar surface area (TPSA) is 88.4 Å². The summed E-state index contributed by atoms with van der Waals surface area (Å²) in [6.45, 7) is 2.81. The zero-order chi connectivity index (χ0) is 14.3. The Kier molecular flexibility index (Phi) is 5.78. The smallest absolute Gasteiger partial charge is 0.303 e. The predicted molar refractivity (Wildman–Crippen MR) is 69.9 cm³/mol. The van der Waals surface area contributed by atoms with Gasteiger partial charge >= 0.3 is 5.97 Å². The molecule has 0 fully saturated rings. The highest BCUT2D eigenvalue weighted by Crippen LogP contribution is 1.93. The molecule has 1 amide bonds. The molecular formula is C13H18N2O4. The Morgan fingerprint density at radius 3 is 2.74 bits per heavy atom. The average molecular weight is 266 g/mol. The number of rotatable bonds is 7. The first kappa shape index (κ1) is 14.9. The lowest BCUT2D eigenvalue weighted by molar-refractivity contribution is -0.138. The minimum Gasteiger partial charge on any atom is -0.481 e. The number of carboxylic acid groups (broad SMARTS) is 1. The van der Waals surface area contributed by atoms with Gasteiger partial charge in [0.15, 0.2) is 0 Å². The van der Waals surface area contributed by atoms with E-state index >= 15 is 0 Å². The van der Waals surface area contributed by atoms with Crippen LogP contribution in [-0.2, 0) is 16.1 Å². The number of carboxylic acids is 1. The normalized spacial score (nSPS) is 10.2. The fourth-order valence-electron chi connectivity index (χ4n) is 1.58. The van der Waals surface area contributed by atoms with Crippen LogP contribution >= 0.6 is 0 Å². The number of nitrogens with one attached hydrogen (secondary N) is 1. The van der Waals surface area contributed by atoms with Crippen LogP contribution < -0.4 is 10.9 Å². The summed E-state index contributed by atoms with van der Waals surface area (Å²) in [5, 5.41) is 11.0. The largest absolute Gasteiger partial charge is 0.481 e. The zero-order valence-electron chi connectivity index (χ0n) is 10.9. The van der Waals surface area contributed by atoms with Crippen molar-refractivity contribution in [2.24, 2.45) is 0 Å². The maximum absolute atomic E-state index is 11.6. The molecule has 0 aliphatic carbocycles. The molecule has 1 aromatic rings. The van der Waals surface area contributed by atoms with E-state index in [9.17, 15) is 14.4 Å². The van der Waals surface area contributed by atoms with Crippen molar-refractivity contribution in [3.05, 3.63) is 34.2 Å². The molecule has 6 heteroatoms. The van der Waals surface area contributed by atoms with Crippen molar-refractivity contribution in [3.8, 4) is 0 Å². The van der Waals surface area contributed by atoms with Crippen LogP contribution in [0, 0.1) is 6.92 Å². The Balaban J connectivity index is 2.25. The first-order valence-corrected chi connectivity index (χ1v) is 6.14. The van der Waals surface area contributed by atoms with E-state index in [0.29, 0.717) is 19.5 Å². The first-order valence-electron chi connectivity index (χ1n) is 6.14. The highest BCUT2D eigenvalue weighted by molar-refractivity contribution is 5.80. The third-order valence-corrected chi connectivity index (χ3v) is 2.62. The van der Waals surface area contributed by atoms with E-state index in [1.54, 1.807) is 16.8 Å². The van der Waals surface area contributed by atoms with Gasteiger partial charge in [-0.1, -0.05) is 0 Å². The molecular weight excluding hydrogens is 248 g/mol. The van der Waals surface area contributed by atoms with Gasteiger partial charge < -0.3 is 15.0 Å². The third kappa shape index (κ3) is 5.85. The highest BCUT2D eigenvalue weighted by Gasteiger charge is 2.04. The van der Waals surface area contributed by atoms with Gasteiger partial charge in [-0.3, -0.25) is 14.4 Å². The number of carbonyl (C=O) groups is 2. The number of carbonyl (C=O) groups excluding carboxylic acids is 1. The number of pyridine rings is 1. The highest BCUT2D eigenvalue weighted by atomic mass is 16.4. The van der Waals surface area contributed by atoms with E-state index in [4.69, 9.17) is 5.11 Å². The predicted octanol–water partition coefficient (Wildman–Crippen LogP) is 0.528. The molecule has 0 aliphatic rings. The van der Waals surface area contributed by atoms with Crippen LogP contribution in [0.25, 0.3) is 0 Å². The van der Waals surface area contributed by atoms with E-state index < -0.39 is 5.97 Å². The monoisotopic (exact) mass is 266 g/mol. The number of aromatic nitrogens is 1. The third-order valence-electron chi connectivity index (χ3n) is 2.62. The molecule has 19 heavy (non-hydrogen) atoms. The molecule has 0 radical (unpaired) electrons. The maximum Gasteiger partial charge on any atom is 0.303 e. The van der Waals surface area contributed by atoms with Crippen molar-refractivity contribution in [3.63, 3.8) is 0 Å². The van der Waals surface area contributed by atoms with Crippen molar-refractivity contribution in [1.29, 1.82) is 0 Å². The van der Waals surface area contributed by atoms with Crippen molar-refractivity contribution < 1.29 is 14.7 Å². The fraction of sp³-hybridized carbons (Fsp3) is 0.462. The summed E-state index contributed by atoms with van der Waals surface area (Å²) in [6.07, 6.45) is 2.18. The van der Waals surface area contributed by atoms with Gasteiger partial charge in [0.1, 0.15) is 0 Å². The van der Waals surface area contributed by atoms with Gasteiger partial charge in [-0.2, -0.15) is 0 Å². The maximum atomic E-state index is 11.6. The van der Waals surface area contributed by atoms with Gasteiger partial charge in [-0.15, -0.1) is 0 Å². The van der Waals surface area contributed by atoms with Gasteiger partial charge in [0, 0.05) is 31.8 Å². The van der Waals surface area contributed by atoms with Crippen molar-refractivity contribution in [2.45, 2.75) is 32.7 Å². The number of hydrogen-bond acceptors (Lipinski definition) is 3.